The Balaban J connectivity index is 1.35. The number of aromatic nitrogens is 5. The Morgan fingerprint density at radius 2 is 1.57 bits per heavy atom. The van der Waals surface area contributed by atoms with Crippen LogP contribution in [0.4, 0.5) is 17.5 Å². The van der Waals surface area contributed by atoms with Crippen molar-refractivity contribution in [2.75, 3.05) is 60.5 Å². The van der Waals surface area contributed by atoms with Gasteiger partial charge in [0.25, 0.3) is 0 Å². The van der Waals surface area contributed by atoms with Gasteiger partial charge in [0, 0.05) is 57.3 Å². The van der Waals surface area contributed by atoms with Crippen LogP contribution in [0.25, 0.3) is 16.9 Å². The van der Waals surface area contributed by atoms with Gasteiger partial charge in [-0.05, 0) is 36.4 Å². The minimum absolute atomic E-state index is 0.0272. The molecule has 0 saturated carbocycles. The molecule has 5 heterocycles. The highest BCUT2D eigenvalue weighted by atomic mass is 16.3. The smallest absolute Gasteiger partial charge is 0.239 e. The molecule has 35 heavy (non-hydrogen) atoms. The number of nitrogens with zero attached hydrogens (tertiary/aromatic N) is 8. The van der Waals surface area contributed by atoms with Crippen molar-refractivity contribution in [3.8, 4) is 11.4 Å². The van der Waals surface area contributed by atoms with Crippen LogP contribution in [0.3, 0.4) is 0 Å². The number of hydrogen-bond donors (Lipinski definition) is 2. The molecule has 178 valence electrons. The normalized spacial score (nSPS) is 16.6. The van der Waals surface area contributed by atoms with Gasteiger partial charge >= 0.3 is 0 Å². The number of aromatic hydroxyl groups is 1. The van der Waals surface area contributed by atoms with E-state index in [4.69, 9.17) is 9.97 Å². The van der Waals surface area contributed by atoms with Gasteiger partial charge in [0.15, 0.2) is 17.0 Å². The van der Waals surface area contributed by atoms with Crippen LogP contribution < -0.4 is 20.0 Å². The van der Waals surface area contributed by atoms with Crippen molar-refractivity contribution >= 4 is 34.5 Å². The van der Waals surface area contributed by atoms with Crippen molar-refractivity contribution < 1.29 is 9.90 Å². The zero-order valence-electron chi connectivity index (χ0n) is 19.1. The summed E-state index contributed by atoms with van der Waals surface area (Å²) < 4.78 is 1.93. The van der Waals surface area contributed by atoms with Crippen molar-refractivity contribution in [1.82, 2.24) is 29.8 Å². The van der Waals surface area contributed by atoms with Crippen molar-refractivity contribution in [1.29, 1.82) is 0 Å². The highest BCUT2D eigenvalue weighted by Gasteiger charge is 2.26. The Hall–Kier alpha value is -4.41. The number of fused-ring (bicyclic) bond motifs is 1. The third-order valence-electron chi connectivity index (χ3n) is 6.42. The lowest BCUT2D eigenvalue weighted by Crippen LogP contribution is -2.49. The van der Waals surface area contributed by atoms with E-state index in [-0.39, 0.29) is 18.2 Å². The first-order chi connectivity index (χ1) is 17.2. The average Bonchev–Trinajstić information content (AvgIpc) is 3.33. The number of nitrogens with one attached hydrogen (secondary N) is 1. The molecule has 11 nitrogen and oxygen atoms in total. The SMILES string of the molecule is O=C1CN(c2nc(N3CCN(c4ccc(O)cc4)CC3)nc3c2ncn3-c2ccncc2)CCN1. The van der Waals surface area contributed by atoms with Crippen molar-refractivity contribution in [2.24, 2.45) is 0 Å². The van der Waals surface area contributed by atoms with Gasteiger partial charge in [-0.2, -0.15) is 9.97 Å². The molecule has 6 rings (SSSR count). The second-order valence-electron chi connectivity index (χ2n) is 8.60. The molecule has 0 aliphatic carbocycles. The van der Waals surface area contributed by atoms with Gasteiger partial charge in [0.2, 0.25) is 11.9 Å². The predicted molar refractivity (Wildman–Crippen MR) is 132 cm³/mol. The molecule has 2 aliphatic heterocycles. The molecule has 4 aromatic rings. The molecule has 2 saturated heterocycles. The fourth-order valence-corrected chi connectivity index (χ4v) is 4.58. The minimum atomic E-state index is -0.0272. The molecule has 0 radical (unpaired) electrons. The number of carbonyl (C=O) groups is 1. The first kappa shape index (κ1) is 21.1. The lowest BCUT2D eigenvalue weighted by atomic mass is 10.2. The number of carbonyl (C=O) groups excluding carboxylic acids is 1. The Morgan fingerprint density at radius 3 is 2.31 bits per heavy atom. The van der Waals surface area contributed by atoms with E-state index in [1.165, 1.54) is 0 Å². The largest absolute Gasteiger partial charge is 0.508 e. The topological polar surface area (TPSA) is 116 Å². The molecule has 0 spiro atoms. The maximum Gasteiger partial charge on any atom is 0.239 e. The molecule has 2 aliphatic rings. The van der Waals surface area contributed by atoms with Crippen LogP contribution in [-0.4, -0.2) is 81.3 Å². The van der Waals surface area contributed by atoms with Crippen molar-refractivity contribution in [2.45, 2.75) is 0 Å². The number of imidazole rings is 1. The number of rotatable bonds is 4. The van der Waals surface area contributed by atoms with Crippen LogP contribution in [0.1, 0.15) is 0 Å². The van der Waals surface area contributed by atoms with Crippen LogP contribution in [0, 0.1) is 0 Å². The van der Waals surface area contributed by atoms with E-state index in [2.05, 4.69) is 25.1 Å². The lowest BCUT2D eigenvalue weighted by Gasteiger charge is -2.36. The van der Waals surface area contributed by atoms with E-state index in [9.17, 15) is 9.90 Å². The van der Waals surface area contributed by atoms with Crippen molar-refractivity contribution in [3.05, 3.63) is 55.1 Å². The molecule has 2 fully saturated rings. The van der Waals surface area contributed by atoms with Crippen LogP contribution >= 0.6 is 0 Å². The van der Waals surface area contributed by atoms with Crippen LogP contribution in [0.5, 0.6) is 5.75 Å². The lowest BCUT2D eigenvalue weighted by molar-refractivity contribution is -0.120. The molecule has 0 bridgehead atoms. The van der Waals surface area contributed by atoms with Gasteiger partial charge < -0.3 is 25.1 Å². The molecule has 11 heteroatoms. The maximum absolute atomic E-state index is 12.1. The van der Waals surface area contributed by atoms with Gasteiger partial charge in [0.05, 0.1) is 12.2 Å². The fraction of sp³-hybridized carbons (Fsp3) is 0.292. The predicted octanol–water partition coefficient (Wildman–Crippen LogP) is 1.18. The number of piperazine rings is 2. The Morgan fingerprint density at radius 1 is 0.829 bits per heavy atom. The van der Waals surface area contributed by atoms with E-state index in [0.717, 1.165) is 37.6 Å². The number of phenols is 1. The zero-order chi connectivity index (χ0) is 23.8. The second kappa shape index (κ2) is 8.75. The van der Waals surface area contributed by atoms with Crippen LogP contribution in [0.2, 0.25) is 0 Å². The third-order valence-corrected chi connectivity index (χ3v) is 6.42. The molecular formula is C24H25N9O2. The first-order valence-electron chi connectivity index (χ1n) is 11.6. The molecule has 1 aromatic carbocycles. The summed E-state index contributed by atoms with van der Waals surface area (Å²) in [6.45, 7) is 4.56. The molecule has 1 amide bonds. The second-order valence-corrected chi connectivity index (χ2v) is 8.60. The molecule has 3 aromatic heterocycles. The van der Waals surface area contributed by atoms with Gasteiger partial charge in [-0.15, -0.1) is 0 Å². The van der Waals surface area contributed by atoms with Gasteiger partial charge in [0.1, 0.15) is 12.1 Å². The zero-order valence-corrected chi connectivity index (χ0v) is 19.1. The van der Waals surface area contributed by atoms with Gasteiger partial charge in [-0.1, -0.05) is 0 Å². The number of benzene rings is 1. The van der Waals surface area contributed by atoms with Crippen LogP contribution in [0.15, 0.2) is 55.1 Å². The van der Waals surface area contributed by atoms with E-state index in [1.807, 2.05) is 33.7 Å². The highest BCUT2D eigenvalue weighted by molar-refractivity contribution is 5.90. The van der Waals surface area contributed by atoms with E-state index in [0.29, 0.717) is 36.0 Å². The molecular weight excluding hydrogens is 446 g/mol. The number of hydrogen-bond acceptors (Lipinski definition) is 9. The molecule has 2 N–H and O–H groups in total. The third kappa shape index (κ3) is 4.05. The summed E-state index contributed by atoms with van der Waals surface area (Å²) in [6.07, 6.45) is 5.22. The number of amides is 1. The summed E-state index contributed by atoms with van der Waals surface area (Å²) in [5.74, 6) is 1.53. The van der Waals surface area contributed by atoms with E-state index >= 15 is 0 Å². The first-order valence-corrected chi connectivity index (χ1v) is 11.6. The summed E-state index contributed by atoms with van der Waals surface area (Å²) in [4.78, 5) is 37.2. The fourth-order valence-electron chi connectivity index (χ4n) is 4.58. The summed E-state index contributed by atoms with van der Waals surface area (Å²) in [5, 5.41) is 12.5. The van der Waals surface area contributed by atoms with E-state index < -0.39 is 0 Å². The van der Waals surface area contributed by atoms with E-state index in [1.54, 1.807) is 30.9 Å². The Kier molecular flexibility index (Phi) is 5.28. The number of anilines is 3. The summed E-state index contributed by atoms with van der Waals surface area (Å²) in [6, 6.07) is 11.1. The molecule has 0 atom stereocenters. The van der Waals surface area contributed by atoms with Crippen molar-refractivity contribution in [3.63, 3.8) is 0 Å². The summed E-state index contributed by atoms with van der Waals surface area (Å²) in [7, 11) is 0. The maximum atomic E-state index is 12.1. The quantitative estimate of drug-likeness (QED) is 0.453. The average molecular weight is 472 g/mol. The van der Waals surface area contributed by atoms with Gasteiger partial charge in [-0.3, -0.25) is 14.3 Å². The Labute approximate surface area is 201 Å². The monoisotopic (exact) mass is 471 g/mol. The minimum Gasteiger partial charge on any atom is -0.508 e. The van der Waals surface area contributed by atoms with Crippen LogP contribution in [-0.2, 0) is 4.79 Å². The summed E-state index contributed by atoms with van der Waals surface area (Å²) in [5.41, 5.74) is 3.35. The Bertz CT molecular complexity index is 1350. The highest BCUT2D eigenvalue weighted by Crippen LogP contribution is 2.29. The standard InChI is InChI=1S/C24H25N9O2/c34-19-3-1-17(2-4-19)30-11-13-31(14-12-30)24-28-22(32-10-9-26-20(35)15-32)21-23(29-24)33(16-27-21)18-5-7-25-8-6-18/h1-8,16,34H,9-15H2,(H,26,35). The summed E-state index contributed by atoms with van der Waals surface area (Å²) >= 11 is 0. The number of phenolic OH excluding ortho intramolecular Hbond substituents is 1. The number of pyridine rings is 1. The molecule has 0 unspecified atom stereocenters. The van der Waals surface area contributed by atoms with Gasteiger partial charge in [-0.25, -0.2) is 4.98 Å².